The maximum Gasteiger partial charge on any atom is 0.330 e. The maximum absolute atomic E-state index is 14.0. The molecule has 26 heteroatoms. The molecule has 0 aromatic carbocycles. The van der Waals surface area contributed by atoms with E-state index >= 15 is 0 Å². The lowest BCUT2D eigenvalue weighted by Gasteiger charge is -2.29. The Morgan fingerprint density at radius 2 is 1.60 bits per heavy atom. The number of thiol groups is 1. The minimum Gasteiger partial charge on any atom is -0.394 e. The molecule has 298 valence electrons. The van der Waals surface area contributed by atoms with Crippen molar-refractivity contribution in [3.05, 3.63) is 78.4 Å². The standard InChI is InChI=1S/C29H37N9O13P2S2/c1-13-7-37(29(44)35-27(13)42)23-6-19(53(46,55)47-9-16-14(40)4-21(50-16)38-12-33-24-25(30)31-11-32-26(24)38)17(51-23)10-48-52(45,54)18-5-22(49-15(18)8-39)36-3-2-20(41)34-28(36)43/h2-3,7,11-12,14-19,21-23,39-40H,4-6,8-10H2,1H3,(H,45,54)(H,46,55)(H2,30,31,32)(H,34,41,43)(H,35,42,44)/t14-,15+,16+,17+,18-,19-,21+,22+,23+,52?,53?/m0/s1. The van der Waals surface area contributed by atoms with Gasteiger partial charge in [-0.05, 0) is 18.7 Å². The number of rotatable bonds is 12. The average molecular weight is 846 g/mol. The van der Waals surface area contributed by atoms with Crippen LogP contribution in [-0.2, 0) is 39.6 Å². The third-order valence-electron chi connectivity index (χ3n) is 9.79. The van der Waals surface area contributed by atoms with Crippen molar-refractivity contribution in [2.75, 3.05) is 25.6 Å². The van der Waals surface area contributed by atoms with Gasteiger partial charge in [0.05, 0.1) is 55.8 Å². The molecule has 3 fully saturated rings. The minimum atomic E-state index is -4.03. The van der Waals surface area contributed by atoms with Crippen LogP contribution in [0.4, 0.5) is 5.82 Å². The monoisotopic (exact) mass is 845 g/mol. The van der Waals surface area contributed by atoms with E-state index in [1.165, 1.54) is 32.0 Å². The van der Waals surface area contributed by atoms with Gasteiger partial charge in [0.15, 0.2) is 18.0 Å². The number of hydrogen-bond acceptors (Lipinski definition) is 17. The number of aliphatic hydroxyl groups is 2. The van der Waals surface area contributed by atoms with Crippen molar-refractivity contribution in [1.82, 2.24) is 38.6 Å². The molecular weight excluding hydrogens is 808 g/mol. The van der Waals surface area contributed by atoms with Crippen LogP contribution in [0.15, 0.2) is 50.3 Å². The molecule has 0 amide bonds. The van der Waals surface area contributed by atoms with Crippen LogP contribution < -0.4 is 28.2 Å². The fourth-order valence-electron chi connectivity index (χ4n) is 6.90. The number of anilines is 1. The highest BCUT2D eigenvalue weighted by Gasteiger charge is 2.50. The summed E-state index contributed by atoms with van der Waals surface area (Å²) in [5, 5.41) is 21.0. The summed E-state index contributed by atoms with van der Waals surface area (Å²) in [5.74, 6) is 0.170. The molecule has 0 spiro atoms. The van der Waals surface area contributed by atoms with Gasteiger partial charge in [-0.1, -0.05) is 12.2 Å². The summed E-state index contributed by atoms with van der Waals surface area (Å²) in [5.41, 5.74) is 1.96. The SMILES string of the molecule is Cc1cn([C@H]2C[C@H](P(O)(=S)OC[C@H]3O[C@@H](n4cnc5c(N)ncnc54)C[C@@H]3O)[C@@H](COP(=O)(S)[C@H]3C[C@H](n4ccc(=O)[nH]c4=O)O[C@@H]3CO)O2)c(=O)[nH]c1=O. The normalized spacial score (nSPS) is 30.5. The van der Waals surface area contributed by atoms with Crippen molar-refractivity contribution in [3.63, 3.8) is 0 Å². The van der Waals surface area contributed by atoms with E-state index in [2.05, 4.69) is 37.2 Å². The Morgan fingerprint density at radius 3 is 2.35 bits per heavy atom. The molecule has 0 bridgehead atoms. The zero-order chi connectivity index (χ0) is 39.4. The van der Waals surface area contributed by atoms with E-state index in [-0.39, 0.29) is 37.3 Å². The van der Waals surface area contributed by atoms with Gasteiger partial charge in [0.2, 0.25) is 0 Å². The summed E-state index contributed by atoms with van der Waals surface area (Å²) in [6.45, 7) is -7.93. The van der Waals surface area contributed by atoms with Gasteiger partial charge in [-0.2, -0.15) is 0 Å². The van der Waals surface area contributed by atoms with Gasteiger partial charge in [-0.25, -0.2) is 24.5 Å². The Morgan fingerprint density at radius 1 is 0.945 bits per heavy atom. The van der Waals surface area contributed by atoms with E-state index in [0.717, 1.165) is 15.2 Å². The summed E-state index contributed by atoms with van der Waals surface area (Å²) in [4.78, 5) is 77.3. The second kappa shape index (κ2) is 15.5. The van der Waals surface area contributed by atoms with Crippen LogP contribution in [-0.4, -0.2) is 109 Å². The highest BCUT2D eigenvalue weighted by molar-refractivity contribution is 8.46. The first-order valence-electron chi connectivity index (χ1n) is 16.8. The van der Waals surface area contributed by atoms with Crippen LogP contribution >= 0.6 is 25.3 Å². The average Bonchev–Trinajstić information content (AvgIpc) is 3.93. The lowest BCUT2D eigenvalue weighted by molar-refractivity contribution is -0.0391. The van der Waals surface area contributed by atoms with Gasteiger partial charge in [-0.3, -0.25) is 37.8 Å². The van der Waals surface area contributed by atoms with Crippen molar-refractivity contribution in [1.29, 1.82) is 0 Å². The van der Waals surface area contributed by atoms with Crippen molar-refractivity contribution in [2.24, 2.45) is 0 Å². The second-order valence-electron chi connectivity index (χ2n) is 13.3. The molecule has 3 aliphatic heterocycles. The summed E-state index contributed by atoms with van der Waals surface area (Å²) >= 11 is 9.99. The molecule has 0 aliphatic carbocycles. The molecule has 0 saturated carbocycles. The summed E-state index contributed by atoms with van der Waals surface area (Å²) in [6.07, 6.45) is -1.92. The summed E-state index contributed by atoms with van der Waals surface area (Å²) in [7, 11) is 0. The van der Waals surface area contributed by atoms with Gasteiger partial charge in [0, 0.05) is 43.3 Å². The van der Waals surface area contributed by atoms with E-state index in [1.807, 2.05) is 0 Å². The molecule has 55 heavy (non-hydrogen) atoms. The zero-order valence-corrected chi connectivity index (χ0v) is 32.3. The van der Waals surface area contributed by atoms with Gasteiger partial charge in [0.25, 0.3) is 17.7 Å². The van der Waals surface area contributed by atoms with Crippen molar-refractivity contribution < 1.29 is 42.9 Å². The smallest absolute Gasteiger partial charge is 0.330 e. The van der Waals surface area contributed by atoms with E-state index < -0.39 is 103 Å². The van der Waals surface area contributed by atoms with E-state index in [9.17, 15) is 38.8 Å². The lowest BCUT2D eigenvalue weighted by atomic mass is 10.2. The molecule has 7 heterocycles. The number of aliphatic hydroxyl groups excluding tert-OH is 2. The molecule has 7 N–H and O–H groups in total. The minimum absolute atomic E-state index is 0.0947. The number of ether oxygens (including phenoxy) is 3. The van der Waals surface area contributed by atoms with Crippen LogP contribution in [0.2, 0.25) is 0 Å². The highest BCUT2D eigenvalue weighted by atomic mass is 32.7. The zero-order valence-electron chi connectivity index (χ0n) is 28.8. The van der Waals surface area contributed by atoms with E-state index in [0.29, 0.717) is 11.2 Å². The molecule has 7 rings (SSSR count). The Bertz CT molecular complexity index is 2420. The van der Waals surface area contributed by atoms with Gasteiger partial charge >= 0.3 is 11.4 Å². The number of imidazole rings is 1. The first kappa shape index (κ1) is 39.8. The molecule has 11 atom stereocenters. The molecule has 2 unspecified atom stereocenters. The molecule has 4 aromatic heterocycles. The molecule has 0 radical (unpaired) electrons. The second-order valence-corrected chi connectivity index (χ2v) is 20.6. The number of aromatic nitrogens is 8. The number of nitrogens with zero attached hydrogens (tertiary/aromatic N) is 6. The van der Waals surface area contributed by atoms with E-state index in [4.69, 9.17) is 40.8 Å². The van der Waals surface area contributed by atoms with Crippen LogP contribution in [0.1, 0.15) is 43.5 Å². The fraction of sp³-hybridized carbons (Fsp3) is 0.552. The number of nitrogen functional groups attached to an aromatic ring is 1. The number of aryl methyl sites for hydroxylation is 1. The van der Waals surface area contributed by atoms with Crippen LogP contribution in [0.3, 0.4) is 0 Å². The third kappa shape index (κ3) is 7.96. The predicted octanol–water partition coefficient (Wildman–Crippen LogP) is -0.772. The topological polar surface area (TPSA) is 303 Å². The Hall–Kier alpha value is -3.38. The molecular formula is C29H37N9O13P2S2. The van der Waals surface area contributed by atoms with Crippen LogP contribution in [0.5, 0.6) is 0 Å². The summed E-state index contributed by atoms with van der Waals surface area (Å²) in [6, 6.07) is 1.11. The van der Waals surface area contributed by atoms with Crippen molar-refractivity contribution >= 4 is 54.1 Å². The number of nitrogens with one attached hydrogen (secondary N) is 2. The van der Waals surface area contributed by atoms with Crippen molar-refractivity contribution in [2.45, 2.75) is 80.6 Å². The summed E-state index contributed by atoms with van der Waals surface area (Å²) < 4.78 is 47.6. The molecule has 3 saturated heterocycles. The van der Waals surface area contributed by atoms with Gasteiger partial charge < -0.3 is 44.1 Å². The largest absolute Gasteiger partial charge is 0.394 e. The fourth-order valence-corrected chi connectivity index (χ4v) is 11.8. The first-order valence-corrected chi connectivity index (χ1v) is 22.4. The number of fused-ring (bicyclic) bond motifs is 1. The maximum atomic E-state index is 14.0. The Labute approximate surface area is 319 Å². The lowest BCUT2D eigenvalue weighted by Crippen LogP contribution is -2.33. The van der Waals surface area contributed by atoms with Gasteiger partial charge in [0.1, 0.15) is 36.6 Å². The molecule has 22 nitrogen and oxygen atoms in total. The van der Waals surface area contributed by atoms with Crippen LogP contribution in [0.25, 0.3) is 11.2 Å². The number of aromatic amines is 2. The highest BCUT2D eigenvalue weighted by Crippen LogP contribution is 2.63. The van der Waals surface area contributed by atoms with Crippen molar-refractivity contribution in [3.8, 4) is 0 Å². The molecule has 3 aliphatic rings. The quantitative estimate of drug-likeness (QED) is 0.0680. The Kier molecular flexibility index (Phi) is 11.2. The van der Waals surface area contributed by atoms with E-state index in [1.54, 1.807) is 4.57 Å². The number of nitrogens with two attached hydrogens (primary N) is 1. The number of H-pyrrole nitrogens is 2. The third-order valence-corrected chi connectivity index (χ3v) is 16.0. The van der Waals surface area contributed by atoms with Crippen LogP contribution in [0, 0.1) is 6.92 Å². The Balaban J connectivity index is 1.08. The predicted molar refractivity (Wildman–Crippen MR) is 198 cm³/mol. The first-order chi connectivity index (χ1) is 26.1. The van der Waals surface area contributed by atoms with Gasteiger partial charge in [-0.15, -0.1) is 0 Å². The molecule has 4 aromatic rings. The number of hydrogen-bond donors (Lipinski definition) is 7.